The van der Waals surface area contributed by atoms with Crippen LogP contribution < -0.4 is 0 Å². The first-order valence-electron chi connectivity index (χ1n) is 8.45. The molecule has 1 aromatic rings. The van der Waals surface area contributed by atoms with Gasteiger partial charge in [0.15, 0.2) is 0 Å². The molecule has 126 valence electrons. The van der Waals surface area contributed by atoms with Crippen LogP contribution in [0.2, 0.25) is 0 Å². The van der Waals surface area contributed by atoms with Crippen LogP contribution in [0.25, 0.3) is 0 Å². The quantitative estimate of drug-likeness (QED) is 0.826. The van der Waals surface area contributed by atoms with Gasteiger partial charge < -0.3 is 14.2 Å². The van der Waals surface area contributed by atoms with E-state index in [-0.39, 0.29) is 12.0 Å². The van der Waals surface area contributed by atoms with Gasteiger partial charge in [-0.2, -0.15) is 11.8 Å². The van der Waals surface area contributed by atoms with Gasteiger partial charge in [-0.1, -0.05) is 5.16 Å². The smallest absolute Gasteiger partial charge is 0.253 e. The highest BCUT2D eigenvalue weighted by atomic mass is 32.2. The molecule has 0 radical (unpaired) electrons. The van der Waals surface area contributed by atoms with Crippen LogP contribution in [-0.2, 0) is 16.1 Å². The van der Waals surface area contributed by atoms with E-state index in [0.717, 1.165) is 49.1 Å². The number of ether oxygens (including phenoxy) is 1. The lowest BCUT2D eigenvalue weighted by molar-refractivity contribution is -0.149. The molecule has 3 fully saturated rings. The minimum atomic E-state index is -0.332. The third-order valence-corrected chi connectivity index (χ3v) is 5.63. The van der Waals surface area contributed by atoms with E-state index in [1.807, 2.05) is 16.7 Å². The van der Waals surface area contributed by atoms with Crippen LogP contribution in [-0.4, -0.2) is 71.3 Å². The molecule has 3 aliphatic rings. The summed E-state index contributed by atoms with van der Waals surface area (Å²) < 4.78 is 11.1. The van der Waals surface area contributed by atoms with Crippen molar-refractivity contribution >= 4 is 17.7 Å². The van der Waals surface area contributed by atoms with Crippen molar-refractivity contribution in [2.45, 2.75) is 31.4 Å². The summed E-state index contributed by atoms with van der Waals surface area (Å²) in [6.07, 6.45) is 2.11. The molecule has 1 atom stereocenters. The molecule has 6 nitrogen and oxygen atoms in total. The summed E-state index contributed by atoms with van der Waals surface area (Å²) in [7, 11) is 0. The Morgan fingerprint density at radius 2 is 2.13 bits per heavy atom. The standard InChI is InChI=1S/C16H23N3O3S/c20-16(19-4-7-23-8-5-19)15-11-18(3-6-21-15)10-13-9-14(22-17-13)12-1-2-12/h9,12,15H,1-8,10-11H2. The molecule has 1 unspecified atom stereocenters. The lowest BCUT2D eigenvalue weighted by atomic mass is 10.2. The molecule has 1 amide bonds. The largest absolute Gasteiger partial charge is 0.366 e. The summed E-state index contributed by atoms with van der Waals surface area (Å²) in [6.45, 7) is 4.51. The average Bonchev–Trinajstić information content (AvgIpc) is 3.35. The van der Waals surface area contributed by atoms with Crippen LogP contribution in [0.3, 0.4) is 0 Å². The Morgan fingerprint density at radius 3 is 2.91 bits per heavy atom. The lowest BCUT2D eigenvalue weighted by Gasteiger charge is -2.35. The molecule has 3 heterocycles. The molecule has 0 N–H and O–H groups in total. The maximum absolute atomic E-state index is 12.6. The first kappa shape index (κ1) is 15.5. The maximum Gasteiger partial charge on any atom is 0.253 e. The molecule has 0 bridgehead atoms. The zero-order valence-electron chi connectivity index (χ0n) is 13.3. The first-order chi connectivity index (χ1) is 11.3. The van der Waals surface area contributed by atoms with E-state index >= 15 is 0 Å². The molecule has 0 aromatic carbocycles. The van der Waals surface area contributed by atoms with E-state index in [4.69, 9.17) is 9.26 Å². The van der Waals surface area contributed by atoms with Crippen molar-refractivity contribution in [2.75, 3.05) is 44.3 Å². The maximum atomic E-state index is 12.6. The van der Waals surface area contributed by atoms with Gasteiger partial charge in [0.1, 0.15) is 11.9 Å². The van der Waals surface area contributed by atoms with Crippen molar-refractivity contribution in [2.24, 2.45) is 0 Å². The van der Waals surface area contributed by atoms with Gasteiger partial charge in [0, 0.05) is 56.2 Å². The topological polar surface area (TPSA) is 58.8 Å². The Kier molecular flexibility index (Phi) is 4.59. The van der Waals surface area contributed by atoms with Gasteiger partial charge in [0.25, 0.3) is 5.91 Å². The molecule has 2 saturated heterocycles. The van der Waals surface area contributed by atoms with Crippen molar-refractivity contribution < 1.29 is 14.1 Å². The number of amides is 1. The second kappa shape index (κ2) is 6.83. The molecule has 1 aliphatic carbocycles. The summed E-state index contributed by atoms with van der Waals surface area (Å²) in [6, 6.07) is 2.08. The number of hydrogen-bond donors (Lipinski definition) is 0. The van der Waals surface area contributed by atoms with Crippen LogP contribution in [0, 0.1) is 0 Å². The number of nitrogens with zero attached hydrogens (tertiary/aromatic N) is 3. The first-order valence-corrected chi connectivity index (χ1v) is 9.61. The second-order valence-electron chi connectivity index (χ2n) is 6.53. The highest BCUT2D eigenvalue weighted by molar-refractivity contribution is 7.99. The molecule has 23 heavy (non-hydrogen) atoms. The van der Waals surface area contributed by atoms with Gasteiger partial charge in [-0.15, -0.1) is 0 Å². The van der Waals surface area contributed by atoms with Gasteiger partial charge >= 0.3 is 0 Å². The number of carbonyl (C=O) groups is 1. The van der Waals surface area contributed by atoms with E-state index in [0.29, 0.717) is 19.1 Å². The van der Waals surface area contributed by atoms with Crippen LogP contribution >= 0.6 is 11.8 Å². The third-order valence-electron chi connectivity index (χ3n) is 4.69. The number of carbonyl (C=O) groups excluding carboxylic acids is 1. The monoisotopic (exact) mass is 337 g/mol. The Hall–Kier alpha value is -1.05. The molecular formula is C16H23N3O3S. The summed E-state index contributed by atoms with van der Waals surface area (Å²) in [5.41, 5.74) is 0.967. The molecule has 1 aromatic heterocycles. The van der Waals surface area contributed by atoms with Crippen LogP contribution in [0.15, 0.2) is 10.6 Å². The summed E-state index contributed by atoms with van der Waals surface area (Å²) >= 11 is 1.91. The van der Waals surface area contributed by atoms with Crippen molar-refractivity contribution in [3.05, 3.63) is 17.5 Å². The molecule has 7 heteroatoms. The zero-order valence-corrected chi connectivity index (χ0v) is 14.1. The summed E-state index contributed by atoms with van der Waals surface area (Å²) in [5.74, 6) is 3.82. The number of morpholine rings is 1. The number of hydrogen-bond acceptors (Lipinski definition) is 6. The second-order valence-corrected chi connectivity index (χ2v) is 7.75. The van der Waals surface area contributed by atoms with E-state index in [1.165, 1.54) is 12.8 Å². The lowest BCUT2D eigenvalue weighted by Crippen LogP contribution is -2.52. The van der Waals surface area contributed by atoms with Crippen molar-refractivity contribution in [3.63, 3.8) is 0 Å². The fourth-order valence-electron chi connectivity index (χ4n) is 3.18. The van der Waals surface area contributed by atoms with E-state index in [9.17, 15) is 4.79 Å². The molecule has 2 aliphatic heterocycles. The fourth-order valence-corrected chi connectivity index (χ4v) is 4.08. The van der Waals surface area contributed by atoms with Crippen molar-refractivity contribution in [1.29, 1.82) is 0 Å². The Labute approximate surface area is 140 Å². The third kappa shape index (κ3) is 3.72. The minimum Gasteiger partial charge on any atom is -0.366 e. The zero-order chi connectivity index (χ0) is 15.6. The minimum absolute atomic E-state index is 0.147. The summed E-state index contributed by atoms with van der Waals surface area (Å²) in [5, 5.41) is 4.18. The summed E-state index contributed by atoms with van der Waals surface area (Å²) in [4.78, 5) is 16.8. The Balaban J connectivity index is 1.33. The molecule has 0 spiro atoms. The number of aromatic nitrogens is 1. The SMILES string of the molecule is O=C(C1CN(Cc2cc(C3CC3)on2)CCO1)N1CCSCC1. The normalized spacial score (nSPS) is 26.4. The van der Waals surface area contributed by atoms with Crippen LogP contribution in [0.1, 0.15) is 30.2 Å². The van der Waals surface area contributed by atoms with Gasteiger partial charge in [-0.05, 0) is 12.8 Å². The predicted molar refractivity (Wildman–Crippen MR) is 87.4 cm³/mol. The van der Waals surface area contributed by atoms with Gasteiger partial charge in [-0.25, -0.2) is 0 Å². The van der Waals surface area contributed by atoms with Crippen LogP contribution in [0.4, 0.5) is 0 Å². The van der Waals surface area contributed by atoms with Gasteiger partial charge in [0.05, 0.1) is 12.3 Å². The van der Waals surface area contributed by atoms with E-state index in [1.54, 1.807) is 0 Å². The molecular weight excluding hydrogens is 314 g/mol. The highest BCUT2D eigenvalue weighted by Gasteiger charge is 2.32. The van der Waals surface area contributed by atoms with E-state index < -0.39 is 0 Å². The Bertz CT molecular complexity index is 555. The van der Waals surface area contributed by atoms with E-state index in [2.05, 4.69) is 16.1 Å². The molecule has 4 rings (SSSR count). The number of rotatable bonds is 4. The predicted octanol–water partition coefficient (Wildman–Crippen LogP) is 1.33. The number of thioether (sulfide) groups is 1. The average molecular weight is 337 g/mol. The van der Waals surface area contributed by atoms with Crippen LogP contribution in [0.5, 0.6) is 0 Å². The van der Waals surface area contributed by atoms with Crippen molar-refractivity contribution in [3.8, 4) is 0 Å². The Morgan fingerprint density at radius 1 is 1.30 bits per heavy atom. The molecule has 1 saturated carbocycles. The van der Waals surface area contributed by atoms with Gasteiger partial charge in [-0.3, -0.25) is 9.69 Å². The van der Waals surface area contributed by atoms with Gasteiger partial charge in [0.2, 0.25) is 0 Å². The fraction of sp³-hybridized carbons (Fsp3) is 0.750. The highest BCUT2D eigenvalue weighted by Crippen LogP contribution is 2.40. The van der Waals surface area contributed by atoms with Crippen molar-refractivity contribution in [1.82, 2.24) is 15.0 Å².